The standard InChI is InChI=1S/C8H17NO2S/c1-10-6-7-11-5-3-2-4-8(9)12/h2-7H2,1H3,(H2,9,12). The maximum atomic E-state index is 5.33. The Morgan fingerprint density at radius 2 is 2.00 bits per heavy atom. The average Bonchev–Trinajstić information content (AvgIpc) is 2.02. The number of methoxy groups -OCH3 is 1. The minimum atomic E-state index is 0.590. The lowest BCUT2D eigenvalue weighted by atomic mass is 10.2. The molecule has 0 aromatic heterocycles. The predicted molar refractivity (Wildman–Crippen MR) is 53.3 cm³/mol. The van der Waals surface area contributed by atoms with Crippen molar-refractivity contribution in [2.24, 2.45) is 5.73 Å². The molecule has 0 bridgehead atoms. The third kappa shape index (κ3) is 9.81. The highest BCUT2D eigenvalue weighted by atomic mass is 32.1. The number of hydrogen-bond acceptors (Lipinski definition) is 3. The van der Waals surface area contributed by atoms with Crippen LogP contribution in [-0.2, 0) is 9.47 Å². The lowest BCUT2D eigenvalue weighted by Gasteiger charge is -2.02. The molecule has 0 atom stereocenters. The molecule has 0 saturated carbocycles. The Bertz CT molecular complexity index is 120. The van der Waals surface area contributed by atoms with Crippen LogP contribution in [0.4, 0.5) is 0 Å². The molecule has 0 saturated heterocycles. The second-order valence-electron chi connectivity index (χ2n) is 2.53. The molecule has 0 spiro atoms. The molecule has 0 amide bonds. The molecule has 0 aromatic carbocycles. The van der Waals surface area contributed by atoms with Crippen molar-refractivity contribution in [3.05, 3.63) is 0 Å². The number of unbranched alkanes of at least 4 members (excludes halogenated alkanes) is 1. The molecule has 0 aliphatic rings. The lowest BCUT2D eigenvalue weighted by Crippen LogP contribution is -2.08. The smallest absolute Gasteiger partial charge is 0.0727 e. The maximum absolute atomic E-state index is 5.33. The van der Waals surface area contributed by atoms with Crippen LogP contribution < -0.4 is 5.73 Å². The maximum Gasteiger partial charge on any atom is 0.0727 e. The summed E-state index contributed by atoms with van der Waals surface area (Å²) in [5, 5.41) is 0. The SMILES string of the molecule is COCCOCCCCC(N)=S. The third-order valence-corrected chi connectivity index (χ3v) is 1.60. The summed E-state index contributed by atoms with van der Waals surface area (Å²) in [6, 6.07) is 0. The summed E-state index contributed by atoms with van der Waals surface area (Å²) in [6.07, 6.45) is 2.85. The van der Waals surface area contributed by atoms with Crippen molar-refractivity contribution in [2.75, 3.05) is 26.9 Å². The Kier molecular flexibility index (Phi) is 8.76. The summed E-state index contributed by atoms with van der Waals surface area (Å²) in [6.45, 7) is 2.10. The van der Waals surface area contributed by atoms with E-state index in [0.29, 0.717) is 18.2 Å². The molecule has 0 heterocycles. The fourth-order valence-corrected chi connectivity index (χ4v) is 0.892. The van der Waals surface area contributed by atoms with Crippen molar-refractivity contribution >= 4 is 17.2 Å². The topological polar surface area (TPSA) is 44.5 Å². The van der Waals surface area contributed by atoms with Crippen LogP contribution in [0.15, 0.2) is 0 Å². The second kappa shape index (κ2) is 8.90. The minimum absolute atomic E-state index is 0.590. The van der Waals surface area contributed by atoms with Gasteiger partial charge in [0.1, 0.15) is 0 Å². The zero-order valence-corrected chi connectivity index (χ0v) is 8.36. The fourth-order valence-electron chi connectivity index (χ4n) is 0.748. The molecule has 0 rings (SSSR count). The van der Waals surface area contributed by atoms with Crippen molar-refractivity contribution in [1.82, 2.24) is 0 Å². The quantitative estimate of drug-likeness (QED) is 0.461. The van der Waals surface area contributed by atoms with Crippen molar-refractivity contribution in [3.63, 3.8) is 0 Å². The zero-order chi connectivity index (χ0) is 9.23. The highest BCUT2D eigenvalue weighted by molar-refractivity contribution is 7.80. The number of rotatable bonds is 8. The van der Waals surface area contributed by atoms with E-state index in [1.807, 2.05) is 0 Å². The van der Waals surface area contributed by atoms with Gasteiger partial charge in [-0.05, 0) is 19.3 Å². The van der Waals surface area contributed by atoms with E-state index in [0.717, 1.165) is 25.9 Å². The first-order valence-electron chi connectivity index (χ1n) is 4.12. The highest BCUT2D eigenvalue weighted by Gasteiger charge is 1.91. The van der Waals surface area contributed by atoms with E-state index >= 15 is 0 Å². The van der Waals surface area contributed by atoms with Gasteiger partial charge in [0.25, 0.3) is 0 Å². The molecule has 0 radical (unpaired) electrons. The number of ether oxygens (including phenoxy) is 2. The molecule has 0 unspecified atom stereocenters. The summed E-state index contributed by atoms with van der Waals surface area (Å²) in [5.74, 6) is 0. The summed E-state index contributed by atoms with van der Waals surface area (Å²) in [5.41, 5.74) is 5.33. The van der Waals surface area contributed by atoms with Crippen molar-refractivity contribution < 1.29 is 9.47 Å². The Morgan fingerprint density at radius 3 is 2.58 bits per heavy atom. The Hall–Kier alpha value is -0.190. The monoisotopic (exact) mass is 191 g/mol. The molecular weight excluding hydrogens is 174 g/mol. The van der Waals surface area contributed by atoms with Crippen LogP contribution in [0.25, 0.3) is 0 Å². The van der Waals surface area contributed by atoms with Gasteiger partial charge in [0, 0.05) is 13.7 Å². The van der Waals surface area contributed by atoms with Crippen LogP contribution in [0.5, 0.6) is 0 Å². The lowest BCUT2D eigenvalue weighted by molar-refractivity contribution is 0.0690. The summed E-state index contributed by atoms with van der Waals surface area (Å²) in [4.78, 5) is 0.590. The van der Waals surface area contributed by atoms with E-state index < -0.39 is 0 Å². The fraction of sp³-hybridized carbons (Fsp3) is 0.875. The van der Waals surface area contributed by atoms with Crippen LogP contribution in [0.2, 0.25) is 0 Å². The van der Waals surface area contributed by atoms with Gasteiger partial charge in [-0.15, -0.1) is 0 Å². The van der Waals surface area contributed by atoms with E-state index in [-0.39, 0.29) is 0 Å². The number of thiocarbonyl (C=S) groups is 1. The van der Waals surface area contributed by atoms with E-state index in [1.54, 1.807) is 7.11 Å². The normalized spacial score (nSPS) is 10.1. The molecule has 0 aliphatic carbocycles. The van der Waals surface area contributed by atoms with Gasteiger partial charge in [-0.2, -0.15) is 0 Å². The molecule has 0 aromatic rings. The second-order valence-corrected chi connectivity index (χ2v) is 3.05. The average molecular weight is 191 g/mol. The van der Waals surface area contributed by atoms with Crippen LogP contribution in [0, 0.1) is 0 Å². The van der Waals surface area contributed by atoms with E-state index in [2.05, 4.69) is 0 Å². The Labute approximate surface area is 79.2 Å². The number of nitrogens with two attached hydrogens (primary N) is 1. The van der Waals surface area contributed by atoms with Crippen molar-refractivity contribution in [1.29, 1.82) is 0 Å². The zero-order valence-electron chi connectivity index (χ0n) is 7.54. The van der Waals surface area contributed by atoms with Gasteiger partial charge in [-0.3, -0.25) is 0 Å². The number of hydrogen-bond donors (Lipinski definition) is 1. The Morgan fingerprint density at radius 1 is 1.25 bits per heavy atom. The first kappa shape index (κ1) is 11.8. The molecule has 72 valence electrons. The van der Waals surface area contributed by atoms with Gasteiger partial charge in [0.2, 0.25) is 0 Å². The van der Waals surface area contributed by atoms with E-state index in [9.17, 15) is 0 Å². The summed E-state index contributed by atoms with van der Waals surface area (Å²) < 4.78 is 10.1. The van der Waals surface area contributed by atoms with Gasteiger partial charge in [-0.1, -0.05) is 12.2 Å². The summed E-state index contributed by atoms with van der Waals surface area (Å²) in [7, 11) is 1.66. The molecule has 0 aliphatic heterocycles. The van der Waals surface area contributed by atoms with Crippen molar-refractivity contribution in [3.8, 4) is 0 Å². The van der Waals surface area contributed by atoms with Crippen molar-refractivity contribution in [2.45, 2.75) is 19.3 Å². The van der Waals surface area contributed by atoms with Gasteiger partial charge < -0.3 is 15.2 Å². The van der Waals surface area contributed by atoms with Crippen LogP contribution in [0.1, 0.15) is 19.3 Å². The van der Waals surface area contributed by atoms with Gasteiger partial charge in [0.15, 0.2) is 0 Å². The Balaban J connectivity index is 2.86. The largest absolute Gasteiger partial charge is 0.393 e. The summed E-state index contributed by atoms with van der Waals surface area (Å²) >= 11 is 4.73. The van der Waals surface area contributed by atoms with Crippen LogP contribution in [0.3, 0.4) is 0 Å². The molecule has 4 heteroatoms. The molecule has 0 fully saturated rings. The molecule has 3 nitrogen and oxygen atoms in total. The van der Waals surface area contributed by atoms with Gasteiger partial charge in [0.05, 0.1) is 18.2 Å². The molecular formula is C8H17NO2S. The predicted octanol–water partition coefficient (Wildman–Crippen LogP) is 1.11. The van der Waals surface area contributed by atoms with Crippen LogP contribution in [-0.4, -0.2) is 31.9 Å². The first-order valence-corrected chi connectivity index (χ1v) is 4.53. The molecule has 2 N–H and O–H groups in total. The van der Waals surface area contributed by atoms with E-state index in [4.69, 9.17) is 27.4 Å². The first-order chi connectivity index (χ1) is 5.77. The van der Waals surface area contributed by atoms with Gasteiger partial charge >= 0.3 is 0 Å². The third-order valence-electron chi connectivity index (χ3n) is 1.39. The van der Waals surface area contributed by atoms with Gasteiger partial charge in [-0.25, -0.2) is 0 Å². The minimum Gasteiger partial charge on any atom is -0.393 e. The highest BCUT2D eigenvalue weighted by Crippen LogP contribution is 1.95. The van der Waals surface area contributed by atoms with E-state index in [1.165, 1.54) is 0 Å². The molecule has 12 heavy (non-hydrogen) atoms. The van der Waals surface area contributed by atoms with Crippen LogP contribution >= 0.6 is 12.2 Å².